The van der Waals surface area contributed by atoms with Crippen molar-refractivity contribution in [3.8, 4) is 0 Å². The number of hydrogen-bond donors (Lipinski definition) is 0. The van der Waals surface area contributed by atoms with Crippen molar-refractivity contribution in [3.05, 3.63) is 7.05 Å². The van der Waals surface area contributed by atoms with Gasteiger partial charge in [0.05, 0.1) is 0 Å². The van der Waals surface area contributed by atoms with Crippen LogP contribution in [0.3, 0.4) is 0 Å². The molecule has 1 aliphatic heterocycles. The van der Waals surface area contributed by atoms with Crippen molar-refractivity contribution < 1.29 is 0 Å². The van der Waals surface area contributed by atoms with Crippen molar-refractivity contribution in [2.24, 2.45) is 5.41 Å². The Bertz CT molecular complexity index is 86.7. The normalized spacial score (nSPS) is 28.3. The summed E-state index contributed by atoms with van der Waals surface area (Å²) in [5.41, 5.74) is 0.538. The van der Waals surface area contributed by atoms with E-state index in [0.717, 1.165) is 13.1 Å². The Morgan fingerprint density at radius 3 is 2.00 bits per heavy atom. The lowest BCUT2D eigenvalue weighted by Crippen LogP contribution is -2.33. The van der Waals surface area contributed by atoms with E-state index in [1.165, 1.54) is 12.8 Å². The average molecular weight is 125 g/mol. The Balaban J connectivity index is 2.35. The van der Waals surface area contributed by atoms with Crippen LogP contribution >= 0.6 is 0 Å². The third-order valence-corrected chi connectivity index (χ3v) is 2.15. The molecule has 1 heterocycles. The minimum atomic E-state index is 0.538. The molecule has 0 saturated carbocycles. The lowest BCUT2D eigenvalue weighted by Gasteiger charge is -2.34. The molecule has 1 rings (SSSR count). The molecule has 0 spiro atoms. The summed E-state index contributed by atoms with van der Waals surface area (Å²) < 4.78 is 0. The maximum atomic E-state index is 5.59. The number of likely N-dealkylation sites (tertiary alicyclic amines) is 1. The smallest absolute Gasteiger partial charge is 0.0438 e. The van der Waals surface area contributed by atoms with Gasteiger partial charge >= 0.3 is 0 Å². The first-order valence-electron chi connectivity index (χ1n) is 3.60. The zero-order valence-corrected chi connectivity index (χ0v) is 6.35. The Kier molecular flexibility index (Phi) is 1.80. The summed E-state index contributed by atoms with van der Waals surface area (Å²) in [4.78, 5) is 1.91. The molecule has 0 aromatic carbocycles. The van der Waals surface area contributed by atoms with E-state index >= 15 is 0 Å². The van der Waals surface area contributed by atoms with Crippen LogP contribution in [0.25, 0.3) is 0 Å². The van der Waals surface area contributed by atoms with Crippen LogP contribution in [0.5, 0.6) is 0 Å². The number of hydrogen-bond acceptors (Lipinski definition) is 1. The van der Waals surface area contributed by atoms with Crippen LogP contribution in [0.1, 0.15) is 26.7 Å². The van der Waals surface area contributed by atoms with Gasteiger partial charge < -0.3 is 0 Å². The van der Waals surface area contributed by atoms with E-state index in [1.807, 2.05) is 4.90 Å². The van der Waals surface area contributed by atoms with Gasteiger partial charge in [-0.2, -0.15) is 0 Å². The van der Waals surface area contributed by atoms with Crippen molar-refractivity contribution in [2.45, 2.75) is 26.7 Å². The zero-order chi connectivity index (χ0) is 6.91. The van der Waals surface area contributed by atoms with E-state index in [-0.39, 0.29) is 0 Å². The number of nitrogens with zero attached hydrogens (tertiary/aromatic N) is 1. The third-order valence-electron chi connectivity index (χ3n) is 2.15. The van der Waals surface area contributed by atoms with Crippen LogP contribution in [-0.2, 0) is 0 Å². The predicted octanol–water partition coefficient (Wildman–Crippen LogP) is 1.78. The van der Waals surface area contributed by atoms with Gasteiger partial charge in [0.1, 0.15) is 0 Å². The largest absolute Gasteiger partial charge is 0.297 e. The summed E-state index contributed by atoms with van der Waals surface area (Å²) >= 11 is 0. The van der Waals surface area contributed by atoms with Crippen LogP contribution in [0.4, 0.5) is 0 Å². The van der Waals surface area contributed by atoms with E-state index in [4.69, 9.17) is 7.05 Å². The van der Waals surface area contributed by atoms with E-state index in [2.05, 4.69) is 13.8 Å². The highest BCUT2D eigenvalue weighted by atomic mass is 15.1. The van der Waals surface area contributed by atoms with Crippen LogP contribution in [0.2, 0.25) is 0 Å². The van der Waals surface area contributed by atoms with E-state index in [0.29, 0.717) is 5.41 Å². The molecule has 1 heteroatoms. The second-order valence-electron chi connectivity index (χ2n) is 3.70. The highest BCUT2D eigenvalue weighted by Gasteiger charge is 2.22. The first-order chi connectivity index (χ1) is 4.10. The quantitative estimate of drug-likeness (QED) is 0.477. The van der Waals surface area contributed by atoms with E-state index in [1.54, 1.807) is 0 Å². The first kappa shape index (κ1) is 7.07. The molecular formula is C8H15N. The minimum Gasteiger partial charge on any atom is -0.297 e. The van der Waals surface area contributed by atoms with Crippen LogP contribution < -0.4 is 0 Å². The molecule has 0 unspecified atom stereocenters. The Morgan fingerprint density at radius 2 is 1.67 bits per heavy atom. The molecule has 0 aliphatic carbocycles. The van der Waals surface area contributed by atoms with E-state index in [9.17, 15) is 0 Å². The van der Waals surface area contributed by atoms with Gasteiger partial charge in [-0.25, -0.2) is 0 Å². The summed E-state index contributed by atoms with van der Waals surface area (Å²) in [6.45, 7) is 6.74. The van der Waals surface area contributed by atoms with Gasteiger partial charge in [-0.1, -0.05) is 13.8 Å². The molecule has 52 valence electrons. The van der Waals surface area contributed by atoms with Crippen LogP contribution in [0, 0.1) is 12.5 Å². The van der Waals surface area contributed by atoms with Gasteiger partial charge in [-0.3, -0.25) is 4.90 Å². The molecular weight excluding hydrogens is 110 g/mol. The highest BCUT2D eigenvalue weighted by Crippen LogP contribution is 2.28. The van der Waals surface area contributed by atoms with Gasteiger partial charge in [-0.05, 0) is 31.3 Å². The molecule has 0 aromatic rings. The zero-order valence-electron chi connectivity index (χ0n) is 6.35. The molecule has 9 heavy (non-hydrogen) atoms. The average Bonchev–Trinajstić information content (AvgIpc) is 1.78. The van der Waals surface area contributed by atoms with Gasteiger partial charge in [0.2, 0.25) is 0 Å². The van der Waals surface area contributed by atoms with Crippen molar-refractivity contribution in [3.63, 3.8) is 0 Å². The van der Waals surface area contributed by atoms with Gasteiger partial charge in [0.25, 0.3) is 0 Å². The standard InChI is InChI=1S/C8H15N/c1-8(2)4-6-9(3)7-5-8/h3H,4-7H2,1-2H3. The minimum absolute atomic E-state index is 0.538. The summed E-state index contributed by atoms with van der Waals surface area (Å²) in [5.74, 6) is 0. The summed E-state index contributed by atoms with van der Waals surface area (Å²) in [7, 11) is 5.59. The Hall–Kier alpha value is -0.0400. The van der Waals surface area contributed by atoms with Crippen LogP contribution in [0.15, 0.2) is 0 Å². The number of rotatable bonds is 0. The maximum Gasteiger partial charge on any atom is 0.0438 e. The molecule has 1 saturated heterocycles. The van der Waals surface area contributed by atoms with Gasteiger partial charge in [0.15, 0.2) is 0 Å². The SMILES string of the molecule is [CH]N1CCC(C)(C)CC1. The first-order valence-corrected chi connectivity index (χ1v) is 3.60. The predicted molar refractivity (Wildman–Crippen MR) is 38.9 cm³/mol. The molecule has 0 amide bonds. The van der Waals surface area contributed by atoms with E-state index < -0.39 is 0 Å². The number of piperidine rings is 1. The second kappa shape index (κ2) is 2.30. The maximum absolute atomic E-state index is 5.59. The van der Waals surface area contributed by atoms with Gasteiger partial charge in [0, 0.05) is 7.05 Å². The molecule has 2 radical (unpaired) electrons. The second-order valence-corrected chi connectivity index (χ2v) is 3.70. The van der Waals surface area contributed by atoms with Gasteiger partial charge in [-0.15, -0.1) is 0 Å². The van der Waals surface area contributed by atoms with Crippen molar-refractivity contribution in [1.29, 1.82) is 0 Å². The van der Waals surface area contributed by atoms with Crippen molar-refractivity contribution in [1.82, 2.24) is 4.90 Å². The molecule has 1 aliphatic rings. The fourth-order valence-corrected chi connectivity index (χ4v) is 1.13. The summed E-state index contributed by atoms with van der Waals surface area (Å²) in [5, 5.41) is 0. The Labute approximate surface area is 58.0 Å². The fraction of sp³-hybridized carbons (Fsp3) is 0.875. The summed E-state index contributed by atoms with van der Waals surface area (Å²) in [6.07, 6.45) is 2.48. The topological polar surface area (TPSA) is 3.24 Å². The molecule has 0 aromatic heterocycles. The molecule has 0 N–H and O–H groups in total. The highest BCUT2D eigenvalue weighted by molar-refractivity contribution is 4.77. The Morgan fingerprint density at radius 1 is 1.22 bits per heavy atom. The lowest BCUT2D eigenvalue weighted by atomic mass is 9.83. The van der Waals surface area contributed by atoms with Crippen molar-refractivity contribution >= 4 is 0 Å². The fourth-order valence-electron chi connectivity index (χ4n) is 1.13. The molecule has 0 bridgehead atoms. The molecule has 1 fully saturated rings. The molecule has 1 nitrogen and oxygen atoms in total. The summed E-state index contributed by atoms with van der Waals surface area (Å²) in [6, 6.07) is 0. The third kappa shape index (κ3) is 1.98. The lowest BCUT2D eigenvalue weighted by molar-refractivity contribution is 0.171. The van der Waals surface area contributed by atoms with Crippen molar-refractivity contribution in [2.75, 3.05) is 13.1 Å². The monoisotopic (exact) mass is 125 g/mol. The molecule has 0 atom stereocenters. The van der Waals surface area contributed by atoms with Crippen LogP contribution in [-0.4, -0.2) is 18.0 Å².